The number of nitrogens with zero attached hydrogens (tertiary/aromatic N) is 4. The molecule has 6 aromatic rings. The van der Waals surface area contributed by atoms with Crippen LogP contribution in [0.15, 0.2) is 113 Å². The minimum atomic E-state index is -5.40. The summed E-state index contributed by atoms with van der Waals surface area (Å²) >= 11 is 0. The van der Waals surface area contributed by atoms with Crippen LogP contribution in [-0.2, 0) is 20.2 Å². The summed E-state index contributed by atoms with van der Waals surface area (Å²) in [7, 11) is -17.8. The monoisotopic (exact) mass is 996 g/mol. The van der Waals surface area contributed by atoms with Crippen molar-refractivity contribution >= 4 is 97.6 Å². The summed E-state index contributed by atoms with van der Waals surface area (Å²) < 4.78 is 145. The van der Waals surface area contributed by atoms with E-state index in [-0.39, 0.29) is 158 Å². The van der Waals surface area contributed by atoms with Gasteiger partial charge in [-0.1, -0.05) is 46.0 Å². The van der Waals surface area contributed by atoms with Gasteiger partial charge in [0.1, 0.15) is 54.5 Å². The van der Waals surface area contributed by atoms with E-state index in [2.05, 4.69) is 20.5 Å². The Morgan fingerprint density at radius 1 is 0.484 bits per heavy atom. The molecule has 0 fully saturated rings. The van der Waals surface area contributed by atoms with Crippen LogP contribution in [0.3, 0.4) is 0 Å². The molecule has 0 aliphatic heterocycles. The van der Waals surface area contributed by atoms with E-state index in [1.165, 1.54) is 26.4 Å². The smallest absolute Gasteiger partial charge is 0.769 e. The summed E-state index contributed by atoms with van der Waals surface area (Å²) in [5.74, 6) is -1.36. The standard InChI is InChI=1S/C34H32N6O16S4.4Na/c1-55-23-11-15(3-7-19(23)37-39-21-9-5-17-25(57(43,44)45)13-27(59(49,50)51)31(35)29(17)33(21)41)16-4-8-20(24(12-16)56-2)38-40-22-10-6-18-26(58(46,47)48)14-28(60(52,53)54)32(36)30(18)34(22)42;;;;/h3-14,41-45,49-51H,35-36H2,1-2H3,(H,46,47,48)(H,52,53,54);;;;/q;4*+1/p-4. The molecule has 0 spiro atoms. The molecule has 6 aromatic carbocycles. The van der Waals surface area contributed by atoms with Crippen LogP contribution >= 0.6 is 21.7 Å². The molecule has 64 heavy (non-hydrogen) atoms. The van der Waals surface area contributed by atoms with Crippen LogP contribution in [0.2, 0.25) is 0 Å². The first-order valence-corrected chi connectivity index (χ1v) is 21.9. The van der Waals surface area contributed by atoms with E-state index in [0.717, 1.165) is 24.3 Å². The predicted octanol–water partition coefficient (Wildman–Crippen LogP) is -4.61. The molecule has 0 aliphatic carbocycles. The number of phenolic OH excluding ortho intramolecular Hbond substituents is 2. The van der Waals surface area contributed by atoms with Crippen LogP contribution in [0.1, 0.15) is 0 Å². The minimum absolute atomic E-state index is 0. The summed E-state index contributed by atoms with van der Waals surface area (Å²) in [6.45, 7) is 0. The number of rotatable bonds is 11. The van der Waals surface area contributed by atoms with Crippen molar-refractivity contribution in [2.75, 3.05) is 25.7 Å². The third-order valence-electron chi connectivity index (χ3n) is 8.77. The zero-order valence-corrected chi connectivity index (χ0v) is 45.5. The Bertz CT molecular complexity index is 3070. The van der Waals surface area contributed by atoms with Crippen LogP contribution in [0.5, 0.6) is 23.0 Å². The number of ether oxygens (including phenoxy) is 2. The van der Waals surface area contributed by atoms with Crippen molar-refractivity contribution in [3.05, 3.63) is 72.8 Å². The van der Waals surface area contributed by atoms with Gasteiger partial charge >= 0.3 is 118 Å². The molecule has 0 saturated carbocycles. The number of hydrogen-bond donors (Lipinski definition) is 8. The average Bonchev–Trinajstić information content (AvgIpc) is 3.15. The normalized spacial score (nSPS) is 12.6. The zero-order chi connectivity index (χ0) is 44.3. The second-order valence-electron chi connectivity index (χ2n) is 12.4. The van der Waals surface area contributed by atoms with Gasteiger partial charge in [-0.25, -0.2) is 16.8 Å². The molecule has 0 unspecified atom stereocenters. The average molecular weight is 997 g/mol. The van der Waals surface area contributed by atoms with Gasteiger partial charge in [-0.2, -0.15) is 0 Å². The number of phenols is 2. The molecule has 0 amide bonds. The van der Waals surface area contributed by atoms with Crippen molar-refractivity contribution in [3.8, 4) is 34.1 Å². The van der Waals surface area contributed by atoms with E-state index in [1.807, 2.05) is 0 Å². The Morgan fingerprint density at radius 3 is 1.17 bits per heavy atom. The largest absolute Gasteiger partial charge is 1.00 e. The topological polar surface area (TPSA) is 402 Å². The molecular formula is C34H28N6Na4O16S4. The number of anilines is 2. The van der Waals surface area contributed by atoms with Crippen LogP contribution < -0.4 is 139 Å². The molecule has 0 heterocycles. The maximum atomic E-state index is 12.2. The molecule has 10 N–H and O–H groups in total. The molecule has 0 bridgehead atoms. The third kappa shape index (κ3) is 12.0. The molecule has 22 nitrogen and oxygen atoms in total. The van der Waals surface area contributed by atoms with Gasteiger partial charge in [0, 0.05) is 20.6 Å². The van der Waals surface area contributed by atoms with Crippen LogP contribution in [0, 0.1) is 0 Å². The first kappa shape index (κ1) is 58.2. The Kier molecular flexibility index (Phi) is 20.1. The number of fused-ring (bicyclic) bond motifs is 2. The minimum Gasteiger partial charge on any atom is -0.769 e. The molecule has 0 aromatic heterocycles. The zero-order valence-electron chi connectivity index (χ0n) is 34.3. The number of nitrogens with two attached hydrogens (primary N) is 2. The maximum absolute atomic E-state index is 12.2. The molecular weight excluding hydrogens is 969 g/mol. The van der Waals surface area contributed by atoms with E-state index in [9.17, 15) is 63.5 Å². The predicted molar refractivity (Wildman–Crippen MR) is 213 cm³/mol. The van der Waals surface area contributed by atoms with Gasteiger partial charge in [-0.15, -0.1) is 20.5 Å². The first-order chi connectivity index (χ1) is 27.9. The van der Waals surface area contributed by atoms with Gasteiger partial charge in [0.15, 0.2) is 11.5 Å². The van der Waals surface area contributed by atoms with Crippen molar-refractivity contribution < 1.29 is 191 Å². The Morgan fingerprint density at radius 2 is 0.812 bits per heavy atom. The van der Waals surface area contributed by atoms with E-state index in [0.29, 0.717) is 23.3 Å². The molecule has 0 radical (unpaired) electrons. The Balaban J connectivity index is 0.00000352. The second kappa shape index (κ2) is 22.0. The molecule has 0 atom stereocenters. The number of benzene rings is 6. The van der Waals surface area contributed by atoms with Crippen molar-refractivity contribution in [1.29, 1.82) is 0 Å². The number of hydrogen-bond acceptors (Lipinski definition) is 22. The van der Waals surface area contributed by atoms with Crippen LogP contribution in [-0.4, -0.2) is 77.7 Å². The van der Waals surface area contributed by atoms with Gasteiger partial charge in [-0.05, 0) is 59.7 Å². The second-order valence-corrected chi connectivity index (χ2v) is 17.9. The van der Waals surface area contributed by atoms with E-state index in [4.69, 9.17) is 20.9 Å². The number of methoxy groups -OCH3 is 2. The SMILES string of the molecule is COc1cc(-c2ccc(N=Nc3ccc4c(S(=O)(=O)[O-])cc(S(=O)(=O)[O-])c(N)c4c3O)c(OC)c2)ccc1N=Nc1ccc2c(S([O-])(O)O)cc(S([O-])(O)O)c(N)c2c1O.[Na+].[Na+].[Na+].[Na+]. The molecule has 318 valence electrons. The van der Waals surface area contributed by atoms with Crippen molar-refractivity contribution in [3.63, 3.8) is 0 Å². The van der Waals surface area contributed by atoms with Gasteiger partial charge in [0.25, 0.3) is 0 Å². The number of azo groups is 2. The van der Waals surface area contributed by atoms with Crippen molar-refractivity contribution in [2.45, 2.75) is 19.6 Å². The summed E-state index contributed by atoms with van der Waals surface area (Å²) in [6.07, 6.45) is 0. The number of aromatic hydroxyl groups is 2. The van der Waals surface area contributed by atoms with Gasteiger partial charge in [-0.3, -0.25) is 0 Å². The van der Waals surface area contributed by atoms with Crippen LogP contribution in [0.25, 0.3) is 32.7 Å². The fourth-order valence-electron chi connectivity index (χ4n) is 6.02. The maximum Gasteiger partial charge on any atom is 1.00 e. The summed E-state index contributed by atoms with van der Waals surface area (Å²) in [5.41, 5.74) is 11.0. The van der Waals surface area contributed by atoms with E-state index >= 15 is 0 Å². The van der Waals surface area contributed by atoms with Crippen LogP contribution in [0.4, 0.5) is 34.1 Å². The van der Waals surface area contributed by atoms with Gasteiger partial charge < -0.3 is 67.6 Å². The molecule has 0 aliphatic rings. The van der Waals surface area contributed by atoms with Crippen molar-refractivity contribution in [1.82, 2.24) is 0 Å². The third-order valence-corrected chi connectivity index (χ3v) is 12.3. The Hall–Kier alpha value is -1.88. The quantitative estimate of drug-likeness (QED) is 0.0262. The molecule has 30 heteroatoms. The summed E-state index contributed by atoms with van der Waals surface area (Å²) in [6, 6.07) is 14.5. The summed E-state index contributed by atoms with van der Waals surface area (Å²) in [5, 5.41) is 36.3. The van der Waals surface area contributed by atoms with Crippen molar-refractivity contribution in [2.24, 2.45) is 20.5 Å². The fraction of sp³-hybridized carbons (Fsp3) is 0.0588. The first-order valence-electron chi connectivity index (χ1n) is 16.1. The van der Waals surface area contributed by atoms with E-state index < -0.39 is 101 Å². The van der Waals surface area contributed by atoms with Gasteiger partial charge in [0.05, 0.1) is 46.2 Å². The molecule has 6 rings (SSSR count). The Labute approximate surface area is 455 Å². The fourth-order valence-corrected chi connectivity index (χ4v) is 8.89. The summed E-state index contributed by atoms with van der Waals surface area (Å²) in [4.78, 5) is -4.11. The van der Waals surface area contributed by atoms with Gasteiger partial charge in [0.2, 0.25) is 0 Å². The van der Waals surface area contributed by atoms with E-state index in [1.54, 1.807) is 24.3 Å². The molecule has 0 saturated heterocycles. The number of nitrogen functional groups attached to an aromatic ring is 2.